The van der Waals surface area contributed by atoms with Crippen molar-refractivity contribution in [2.24, 2.45) is 5.92 Å². The number of ether oxygens (including phenoxy) is 2. The van der Waals surface area contributed by atoms with Crippen molar-refractivity contribution in [1.82, 2.24) is 14.6 Å². The van der Waals surface area contributed by atoms with Gasteiger partial charge in [0.2, 0.25) is 0 Å². The van der Waals surface area contributed by atoms with Gasteiger partial charge in [0.1, 0.15) is 11.6 Å². The second-order valence-corrected chi connectivity index (χ2v) is 8.29. The lowest BCUT2D eigenvalue weighted by Crippen LogP contribution is -2.30. The van der Waals surface area contributed by atoms with E-state index in [1.807, 2.05) is 28.9 Å². The van der Waals surface area contributed by atoms with Gasteiger partial charge in [-0.05, 0) is 43.4 Å². The van der Waals surface area contributed by atoms with Gasteiger partial charge in [-0.1, -0.05) is 18.5 Å². The second-order valence-electron chi connectivity index (χ2n) is 7.88. The summed E-state index contributed by atoms with van der Waals surface area (Å²) in [6, 6.07) is 5.71. The lowest BCUT2D eigenvalue weighted by molar-refractivity contribution is 0.133. The molecule has 2 aromatic heterocycles. The van der Waals surface area contributed by atoms with Crippen LogP contribution in [0.15, 0.2) is 24.4 Å². The predicted octanol–water partition coefficient (Wildman–Crippen LogP) is 4.71. The van der Waals surface area contributed by atoms with Crippen molar-refractivity contribution in [3.8, 4) is 16.9 Å². The molecule has 1 aromatic carbocycles. The molecule has 3 heterocycles. The maximum atomic E-state index is 6.57. The molecule has 7 heteroatoms. The number of methoxy groups -OCH3 is 1. The molecule has 0 saturated heterocycles. The van der Waals surface area contributed by atoms with Gasteiger partial charge in [0, 0.05) is 29.8 Å². The lowest BCUT2D eigenvalue weighted by Gasteiger charge is -2.26. The zero-order chi connectivity index (χ0) is 20.0. The Labute approximate surface area is 175 Å². The van der Waals surface area contributed by atoms with Crippen molar-refractivity contribution in [3.05, 3.63) is 40.7 Å². The first kappa shape index (κ1) is 18.7. The van der Waals surface area contributed by atoms with Crippen molar-refractivity contribution >= 4 is 23.1 Å². The molecule has 3 aromatic rings. The normalized spacial score (nSPS) is 15.7. The smallest absolute Gasteiger partial charge is 0.165 e. The number of benzene rings is 1. The minimum atomic E-state index is 0.545. The largest absolute Gasteiger partial charge is 0.497 e. The van der Waals surface area contributed by atoms with Crippen molar-refractivity contribution in [2.75, 3.05) is 25.1 Å². The van der Waals surface area contributed by atoms with Crippen molar-refractivity contribution in [2.45, 2.75) is 39.4 Å². The summed E-state index contributed by atoms with van der Waals surface area (Å²) in [5.74, 6) is 2.65. The number of aromatic nitrogens is 3. The van der Waals surface area contributed by atoms with E-state index in [4.69, 9.17) is 31.2 Å². The number of nitrogens with zero attached hydrogens (tertiary/aromatic N) is 4. The quantitative estimate of drug-likeness (QED) is 0.562. The Hall–Kier alpha value is -2.31. The number of hydrogen-bond acceptors (Lipinski definition) is 5. The second kappa shape index (κ2) is 7.50. The fraction of sp³-hybridized carbons (Fsp3) is 0.455. The van der Waals surface area contributed by atoms with Crippen LogP contribution < -0.4 is 9.64 Å². The van der Waals surface area contributed by atoms with Gasteiger partial charge in [-0.15, -0.1) is 0 Å². The molecule has 29 heavy (non-hydrogen) atoms. The standard InChI is InChI=1S/C22H25ClN4O2/c1-3-8-26(11-14-4-5-14)22-18-12-29-13-20(18)25-21-17(10-24-27(21)22)16-7-6-15(28-2)9-19(16)23/h6-7,9-10,14H,3-5,8,11-13H2,1-2H3. The van der Waals surface area contributed by atoms with Crippen molar-refractivity contribution in [1.29, 1.82) is 0 Å². The lowest BCUT2D eigenvalue weighted by atomic mass is 10.1. The maximum Gasteiger partial charge on any atom is 0.165 e. The van der Waals surface area contributed by atoms with E-state index in [2.05, 4.69) is 11.8 Å². The Kier molecular flexibility index (Phi) is 4.84. The Morgan fingerprint density at radius 2 is 2.14 bits per heavy atom. The van der Waals surface area contributed by atoms with Gasteiger partial charge in [-0.3, -0.25) is 0 Å². The maximum absolute atomic E-state index is 6.57. The topological polar surface area (TPSA) is 51.9 Å². The third kappa shape index (κ3) is 3.34. The van der Waals surface area contributed by atoms with Crippen LogP contribution in [0, 0.1) is 5.92 Å². The molecular weight excluding hydrogens is 388 g/mol. The Morgan fingerprint density at radius 3 is 2.86 bits per heavy atom. The molecule has 0 N–H and O–H groups in total. The Bertz CT molecular complexity index is 1060. The van der Waals surface area contributed by atoms with E-state index in [-0.39, 0.29) is 0 Å². The monoisotopic (exact) mass is 412 g/mol. The van der Waals surface area contributed by atoms with Crippen molar-refractivity contribution in [3.63, 3.8) is 0 Å². The van der Waals surface area contributed by atoms with Gasteiger partial charge in [0.15, 0.2) is 5.65 Å². The molecule has 5 rings (SSSR count). The number of fused-ring (bicyclic) bond motifs is 2. The average Bonchev–Trinajstić information content (AvgIpc) is 3.25. The molecule has 1 fully saturated rings. The van der Waals surface area contributed by atoms with Crippen LogP contribution in [-0.2, 0) is 18.0 Å². The van der Waals surface area contributed by atoms with Gasteiger partial charge in [-0.2, -0.15) is 9.61 Å². The van der Waals surface area contributed by atoms with Crippen LogP contribution in [0.5, 0.6) is 5.75 Å². The van der Waals surface area contributed by atoms with Crippen LogP contribution >= 0.6 is 11.6 Å². The van der Waals surface area contributed by atoms with Crippen LogP contribution in [0.3, 0.4) is 0 Å². The van der Waals surface area contributed by atoms with E-state index in [0.29, 0.717) is 18.2 Å². The first-order valence-corrected chi connectivity index (χ1v) is 10.6. The summed E-state index contributed by atoms with van der Waals surface area (Å²) in [5, 5.41) is 5.38. The van der Waals surface area contributed by atoms with E-state index >= 15 is 0 Å². The molecule has 6 nitrogen and oxygen atoms in total. The summed E-state index contributed by atoms with van der Waals surface area (Å²) in [7, 11) is 1.64. The Morgan fingerprint density at radius 1 is 1.28 bits per heavy atom. The molecule has 0 atom stereocenters. The molecule has 1 aliphatic carbocycles. The van der Waals surface area contributed by atoms with E-state index in [1.165, 1.54) is 18.4 Å². The number of hydrogen-bond donors (Lipinski definition) is 0. The van der Waals surface area contributed by atoms with Crippen LogP contribution in [0.1, 0.15) is 37.4 Å². The first-order valence-electron chi connectivity index (χ1n) is 10.3. The SMILES string of the molecule is CCCN(CC1CC1)c1c2c(nc3c(-c4ccc(OC)cc4Cl)cnn13)COC2. The summed E-state index contributed by atoms with van der Waals surface area (Å²) < 4.78 is 13.1. The van der Waals surface area contributed by atoms with Gasteiger partial charge in [-0.25, -0.2) is 4.98 Å². The van der Waals surface area contributed by atoms with E-state index < -0.39 is 0 Å². The summed E-state index contributed by atoms with van der Waals surface area (Å²) in [5.41, 5.74) is 4.84. The van der Waals surface area contributed by atoms with Gasteiger partial charge in [0.25, 0.3) is 0 Å². The van der Waals surface area contributed by atoms with Crippen molar-refractivity contribution < 1.29 is 9.47 Å². The molecule has 0 amide bonds. The Balaban J connectivity index is 1.68. The highest BCUT2D eigenvalue weighted by molar-refractivity contribution is 6.33. The minimum Gasteiger partial charge on any atom is -0.497 e. The third-order valence-corrected chi connectivity index (χ3v) is 6.04. The zero-order valence-corrected chi connectivity index (χ0v) is 17.6. The van der Waals surface area contributed by atoms with Crippen LogP contribution in [0.25, 0.3) is 16.8 Å². The highest BCUT2D eigenvalue weighted by atomic mass is 35.5. The first-order chi connectivity index (χ1) is 14.2. The zero-order valence-electron chi connectivity index (χ0n) is 16.8. The van der Waals surface area contributed by atoms with E-state index in [9.17, 15) is 0 Å². The molecule has 2 aliphatic rings. The number of anilines is 1. The molecule has 0 bridgehead atoms. The third-order valence-electron chi connectivity index (χ3n) is 5.72. The molecule has 0 unspecified atom stereocenters. The average molecular weight is 413 g/mol. The summed E-state index contributed by atoms with van der Waals surface area (Å²) in [6.45, 7) is 5.43. The van der Waals surface area contributed by atoms with Crippen LogP contribution in [-0.4, -0.2) is 34.8 Å². The molecule has 0 radical (unpaired) electrons. The predicted molar refractivity (Wildman–Crippen MR) is 114 cm³/mol. The van der Waals surface area contributed by atoms with E-state index in [1.54, 1.807) is 7.11 Å². The molecule has 0 spiro atoms. The number of halogens is 1. The molecular formula is C22H25ClN4O2. The molecule has 1 saturated carbocycles. The molecule has 1 aliphatic heterocycles. The summed E-state index contributed by atoms with van der Waals surface area (Å²) in [4.78, 5) is 7.41. The summed E-state index contributed by atoms with van der Waals surface area (Å²) >= 11 is 6.57. The van der Waals surface area contributed by atoms with Gasteiger partial charge in [0.05, 0.1) is 37.2 Å². The van der Waals surface area contributed by atoms with Gasteiger partial charge < -0.3 is 14.4 Å². The number of rotatable bonds is 7. The fourth-order valence-electron chi connectivity index (χ4n) is 4.10. The van der Waals surface area contributed by atoms with Crippen LogP contribution in [0.4, 0.5) is 5.82 Å². The molecule has 152 valence electrons. The highest BCUT2D eigenvalue weighted by Gasteiger charge is 2.30. The summed E-state index contributed by atoms with van der Waals surface area (Å²) in [6.07, 6.45) is 5.60. The highest BCUT2D eigenvalue weighted by Crippen LogP contribution is 2.38. The fourth-order valence-corrected chi connectivity index (χ4v) is 4.37. The minimum absolute atomic E-state index is 0.545. The van der Waals surface area contributed by atoms with Crippen LogP contribution in [0.2, 0.25) is 5.02 Å². The van der Waals surface area contributed by atoms with E-state index in [0.717, 1.165) is 59.5 Å². The van der Waals surface area contributed by atoms with Gasteiger partial charge >= 0.3 is 0 Å².